The van der Waals surface area contributed by atoms with Gasteiger partial charge in [-0.3, -0.25) is 9.59 Å². The number of carbonyl (C=O) groups is 2. The summed E-state index contributed by atoms with van der Waals surface area (Å²) in [6.45, 7) is 1.49. The highest BCUT2D eigenvalue weighted by atomic mass is 16.4. The predicted octanol–water partition coefficient (Wildman–Crippen LogP) is 1.64. The van der Waals surface area contributed by atoms with E-state index in [0.717, 1.165) is 38.8 Å². The van der Waals surface area contributed by atoms with Crippen LogP contribution in [-0.2, 0) is 9.59 Å². The predicted molar refractivity (Wildman–Crippen MR) is 59.0 cm³/mol. The van der Waals surface area contributed by atoms with Crippen LogP contribution >= 0.6 is 0 Å². The molecule has 1 aliphatic heterocycles. The van der Waals surface area contributed by atoms with Crippen molar-refractivity contribution in [2.24, 2.45) is 5.41 Å². The van der Waals surface area contributed by atoms with Gasteiger partial charge in [0.25, 0.3) is 0 Å². The highest BCUT2D eigenvalue weighted by molar-refractivity contribution is 6.04. The molecule has 0 spiro atoms. The molecular weight excluding hydrogens is 206 g/mol. The van der Waals surface area contributed by atoms with Crippen LogP contribution in [-0.4, -0.2) is 35.0 Å². The van der Waals surface area contributed by atoms with E-state index in [1.807, 2.05) is 0 Å². The third-order valence-electron chi connectivity index (χ3n) is 3.71. The van der Waals surface area contributed by atoms with Crippen LogP contribution in [0.1, 0.15) is 44.9 Å². The molecule has 4 heteroatoms. The van der Waals surface area contributed by atoms with Crippen LogP contribution in [0.5, 0.6) is 0 Å². The van der Waals surface area contributed by atoms with Crippen molar-refractivity contribution in [2.45, 2.75) is 44.9 Å². The second kappa shape index (κ2) is 4.44. The molecule has 2 rings (SSSR count). The van der Waals surface area contributed by atoms with Crippen LogP contribution in [0.25, 0.3) is 0 Å². The molecular formula is C12H19NO3. The van der Waals surface area contributed by atoms with E-state index in [9.17, 15) is 9.59 Å². The van der Waals surface area contributed by atoms with E-state index in [1.54, 1.807) is 4.90 Å². The molecule has 0 bridgehead atoms. The molecule has 90 valence electrons. The fourth-order valence-electron chi connectivity index (χ4n) is 2.40. The van der Waals surface area contributed by atoms with E-state index in [4.69, 9.17) is 5.11 Å². The minimum absolute atomic E-state index is 0.137. The molecule has 2 fully saturated rings. The maximum absolute atomic E-state index is 12.1. The minimum atomic E-state index is -1.04. The molecule has 0 atom stereocenters. The number of carboxylic acids is 1. The Hall–Kier alpha value is -1.06. The van der Waals surface area contributed by atoms with Crippen molar-refractivity contribution < 1.29 is 14.7 Å². The maximum Gasteiger partial charge on any atom is 0.319 e. The minimum Gasteiger partial charge on any atom is -0.480 e. The molecule has 1 amide bonds. The Bertz CT molecular complexity index is 289. The molecule has 4 nitrogen and oxygen atoms in total. The van der Waals surface area contributed by atoms with Gasteiger partial charge in [-0.15, -0.1) is 0 Å². The Labute approximate surface area is 95.6 Å². The van der Waals surface area contributed by atoms with Gasteiger partial charge in [0, 0.05) is 13.1 Å². The van der Waals surface area contributed by atoms with Gasteiger partial charge in [-0.25, -0.2) is 0 Å². The lowest BCUT2D eigenvalue weighted by atomic mass is 10.0. The molecule has 16 heavy (non-hydrogen) atoms. The fourth-order valence-corrected chi connectivity index (χ4v) is 2.40. The summed E-state index contributed by atoms with van der Waals surface area (Å²) >= 11 is 0. The van der Waals surface area contributed by atoms with Crippen LogP contribution in [0.15, 0.2) is 0 Å². The Balaban J connectivity index is 2.00. The zero-order valence-corrected chi connectivity index (χ0v) is 9.57. The third kappa shape index (κ3) is 2.06. The normalized spacial score (nSPS) is 24.4. The van der Waals surface area contributed by atoms with Crippen molar-refractivity contribution in [3.05, 3.63) is 0 Å². The number of carbonyl (C=O) groups excluding carboxylic acids is 1. The number of rotatable bonds is 2. The second-order valence-corrected chi connectivity index (χ2v) is 4.95. The molecule has 1 aliphatic carbocycles. The second-order valence-electron chi connectivity index (χ2n) is 4.95. The highest BCUT2D eigenvalue weighted by Gasteiger charge is 2.58. The summed E-state index contributed by atoms with van der Waals surface area (Å²) in [6, 6.07) is 0. The Morgan fingerprint density at radius 1 is 0.938 bits per heavy atom. The van der Waals surface area contributed by atoms with Gasteiger partial charge in [0.1, 0.15) is 5.41 Å². The topological polar surface area (TPSA) is 57.6 Å². The molecule has 1 saturated carbocycles. The van der Waals surface area contributed by atoms with E-state index in [2.05, 4.69) is 0 Å². The lowest BCUT2D eigenvalue weighted by molar-refractivity contribution is -0.153. The van der Waals surface area contributed by atoms with Crippen molar-refractivity contribution in [2.75, 3.05) is 13.1 Å². The van der Waals surface area contributed by atoms with Crippen molar-refractivity contribution in [3.63, 3.8) is 0 Å². The van der Waals surface area contributed by atoms with Gasteiger partial charge in [-0.05, 0) is 25.7 Å². The summed E-state index contributed by atoms with van der Waals surface area (Å²) in [4.78, 5) is 25.0. The van der Waals surface area contributed by atoms with Gasteiger partial charge in [0.2, 0.25) is 5.91 Å². The summed E-state index contributed by atoms with van der Waals surface area (Å²) in [5, 5.41) is 9.08. The molecule has 1 heterocycles. The van der Waals surface area contributed by atoms with Crippen LogP contribution < -0.4 is 0 Å². The van der Waals surface area contributed by atoms with Crippen LogP contribution in [0.4, 0.5) is 0 Å². The molecule has 0 aromatic rings. The van der Waals surface area contributed by atoms with Crippen molar-refractivity contribution in [1.29, 1.82) is 0 Å². The molecule has 0 aromatic carbocycles. The third-order valence-corrected chi connectivity index (χ3v) is 3.71. The van der Waals surface area contributed by atoms with Gasteiger partial charge in [-0.2, -0.15) is 0 Å². The van der Waals surface area contributed by atoms with Crippen LogP contribution in [0.3, 0.4) is 0 Å². The molecule has 2 aliphatic rings. The Morgan fingerprint density at radius 2 is 1.44 bits per heavy atom. The Morgan fingerprint density at radius 3 is 1.88 bits per heavy atom. The lowest BCUT2D eigenvalue weighted by Gasteiger charge is -2.27. The number of hydrogen-bond acceptors (Lipinski definition) is 2. The molecule has 0 radical (unpaired) electrons. The largest absolute Gasteiger partial charge is 0.480 e. The quantitative estimate of drug-likeness (QED) is 0.727. The monoisotopic (exact) mass is 225 g/mol. The summed E-state index contributed by atoms with van der Waals surface area (Å²) in [5.41, 5.74) is -1.04. The van der Waals surface area contributed by atoms with Gasteiger partial charge in [-0.1, -0.05) is 19.3 Å². The first-order chi connectivity index (χ1) is 7.67. The zero-order chi connectivity index (χ0) is 11.6. The van der Waals surface area contributed by atoms with Crippen molar-refractivity contribution >= 4 is 11.9 Å². The lowest BCUT2D eigenvalue weighted by Crippen LogP contribution is -2.42. The average Bonchev–Trinajstić information content (AvgIpc) is 2.96. The summed E-state index contributed by atoms with van der Waals surface area (Å²) in [7, 11) is 0. The maximum atomic E-state index is 12.1. The number of carboxylic acid groups (broad SMARTS) is 1. The first-order valence-corrected chi connectivity index (χ1v) is 6.20. The van der Waals surface area contributed by atoms with E-state index in [1.165, 1.54) is 6.42 Å². The standard InChI is InChI=1S/C12H19NO3/c14-10(12(6-7-12)11(15)16)13-8-4-2-1-3-5-9-13/h1-9H2,(H,15,16). The SMILES string of the molecule is O=C(O)C1(C(=O)N2CCCCCCC2)CC1. The van der Waals surface area contributed by atoms with E-state index < -0.39 is 11.4 Å². The number of aliphatic carboxylic acids is 1. The smallest absolute Gasteiger partial charge is 0.319 e. The van der Waals surface area contributed by atoms with Gasteiger partial charge in [0.05, 0.1) is 0 Å². The fraction of sp³-hybridized carbons (Fsp3) is 0.833. The zero-order valence-electron chi connectivity index (χ0n) is 9.57. The Kier molecular flexibility index (Phi) is 3.17. The molecule has 1 saturated heterocycles. The summed E-state index contributed by atoms with van der Waals surface area (Å²) in [5.74, 6) is -1.07. The average molecular weight is 225 g/mol. The number of nitrogens with zero attached hydrogens (tertiary/aromatic N) is 1. The number of likely N-dealkylation sites (tertiary alicyclic amines) is 1. The number of amides is 1. The van der Waals surface area contributed by atoms with Gasteiger partial charge >= 0.3 is 5.97 Å². The van der Waals surface area contributed by atoms with Gasteiger partial charge < -0.3 is 10.0 Å². The van der Waals surface area contributed by atoms with E-state index in [-0.39, 0.29) is 5.91 Å². The first-order valence-electron chi connectivity index (χ1n) is 6.20. The van der Waals surface area contributed by atoms with Gasteiger partial charge in [0.15, 0.2) is 0 Å². The van der Waals surface area contributed by atoms with Crippen LogP contribution in [0, 0.1) is 5.41 Å². The first kappa shape index (κ1) is 11.4. The molecule has 0 unspecified atom stereocenters. The molecule has 0 aromatic heterocycles. The van der Waals surface area contributed by atoms with Crippen molar-refractivity contribution in [3.8, 4) is 0 Å². The van der Waals surface area contributed by atoms with Crippen LogP contribution in [0.2, 0.25) is 0 Å². The van der Waals surface area contributed by atoms with E-state index in [0.29, 0.717) is 12.8 Å². The summed E-state index contributed by atoms with van der Waals surface area (Å²) < 4.78 is 0. The van der Waals surface area contributed by atoms with Crippen molar-refractivity contribution in [1.82, 2.24) is 4.90 Å². The van der Waals surface area contributed by atoms with E-state index >= 15 is 0 Å². The number of hydrogen-bond donors (Lipinski definition) is 1. The summed E-state index contributed by atoms with van der Waals surface area (Å²) in [6.07, 6.45) is 6.64. The highest BCUT2D eigenvalue weighted by Crippen LogP contribution is 2.47. The molecule has 1 N–H and O–H groups in total.